The van der Waals surface area contributed by atoms with Gasteiger partial charge >= 0.3 is 0 Å². The van der Waals surface area contributed by atoms with Crippen LogP contribution in [0.1, 0.15) is 0 Å². The standard InChI is InChI=1S/C18H19N4O2/c1-2-7-22-17(6-1)19-20-18(22)15-4-3-5-16(14-15)24-13-10-21-8-11-23-12-9-21/h1,3-7,14H,8-13H2. The lowest BCUT2D eigenvalue weighted by atomic mass is 10.2. The largest absolute Gasteiger partial charge is 0.492 e. The van der Waals surface area contributed by atoms with Gasteiger partial charge in [-0.15, -0.1) is 10.2 Å². The SMILES string of the molecule is [c]1ccc2nnc(-c3cccc(OCCN4CCOCC4)c3)n2c1. The van der Waals surface area contributed by atoms with Crippen LogP contribution in [0.3, 0.4) is 0 Å². The van der Waals surface area contributed by atoms with Gasteiger partial charge < -0.3 is 9.47 Å². The first-order chi connectivity index (χ1) is 11.9. The Bertz CT molecular complexity index is 811. The summed E-state index contributed by atoms with van der Waals surface area (Å²) in [5.74, 6) is 1.64. The van der Waals surface area contributed by atoms with Crippen LogP contribution < -0.4 is 4.74 Å². The molecule has 1 fully saturated rings. The maximum Gasteiger partial charge on any atom is 0.168 e. The number of hydrogen-bond acceptors (Lipinski definition) is 5. The molecule has 1 aliphatic rings. The zero-order valence-electron chi connectivity index (χ0n) is 13.4. The van der Waals surface area contributed by atoms with E-state index in [9.17, 15) is 0 Å². The van der Waals surface area contributed by atoms with Gasteiger partial charge in [-0.2, -0.15) is 0 Å². The van der Waals surface area contributed by atoms with Crippen molar-refractivity contribution < 1.29 is 9.47 Å². The minimum Gasteiger partial charge on any atom is -0.492 e. The van der Waals surface area contributed by atoms with Gasteiger partial charge in [0.25, 0.3) is 0 Å². The molecule has 0 aliphatic carbocycles. The van der Waals surface area contributed by atoms with Gasteiger partial charge in [0, 0.05) is 37.5 Å². The first kappa shape index (κ1) is 15.1. The molecule has 1 saturated heterocycles. The van der Waals surface area contributed by atoms with Crippen molar-refractivity contribution in [1.29, 1.82) is 0 Å². The van der Waals surface area contributed by atoms with Crippen molar-refractivity contribution in [2.75, 3.05) is 39.5 Å². The summed E-state index contributed by atoms with van der Waals surface area (Å²) in [7, 11) is 0. The highest BCUT2D eigenvalue weighted by molar-refractivity contribution is 5.61. The molecule has 4 rings (SSSR count). The quantitative estimate of drug-likeness (QED) is 0.718. The van der Waals surface area contributed by atoms with E-state index >= 15 is 0 Å². The monoisotopic (exact) mass is 323 g/mol. The van der Waals surface area contributed by atoms with Crippen LogP contribution in [-0.2, 0) is 4.74 Å². The van der Waals surface area contributed by atoms with Crippen molar-refractivity contribution in [3.63, 3.8) is 0 Å². The van der Waals surface area contributed by atoms with Crippen molar-refractivity contribution in [3.05, 3.63) is 48.7 Å². The number of morpholine rings is 1. The predicted molar refractivity (Wildman–Crippen MR) is 90.0 cm³/mol. The Morgan fingerprint density at radius 2 is 2.08 bits per heavy atom. The molecule has 3 heterocycles. The molecule has 0 N–H and O–H groups in total. The number of hydrogen-bond donors (Lipinski definition) is 0. The zero-order chi connectivity index (χ0) is 16.2. The summed E-state index contributed by atoms with van der Waals surface area (Å²) in [5.41, 5.74) is 1.79. The van der Waals surface area contributed by atoms with E-state index in [2.05, 4.69) is 21.2 Å². The fourth-order valence-corrected chi connectivity index (χ4v) is 2.82. The van der Waals surface area contributed by atoms with Crippen LogP contribution in [-0.4, -0.2) is 59.0 Å². The normalized spacial score (nSPS) is 15.7. The van der Waals surface area contributed by atoms with Gasteiger partial charge in [0.2, 0.25) is 0 Å². The molecule has 123 valence electrons. The summed E-state index contributed by atoms with van der Waals surface area (Å²) in [6, 6.07) is 14.7. The van der Waals surface area contributed by atoms with E-state index in [-0.39, 0.29) is 0 Å². The molecule has 3 aromatic rings. The van der Waals surface area contributed by atoms with Gasteiger partial charge in [-0.05, 0) is 24.3 Å². The fraction of sp³-hybridized carbons (Fsp3) is 0.333. The highest BCUT2D eigenvalue weighted by Gasteiger charge is 2.11. The van der Waals surface area contributed by atoms with Crippen LogP contribution in [0.4, 0.5) is 0 Å². The third-order valence-electron chi connectivity index (χ3n) is 4.13. The third-order valence-corrected chi connectivity index (χ3v) is 4.13. The lowest BCUT2D eigenvalue weighted by Gasteiger charge is -2.26. The molecule has 1 aliphatic heterocycles. The van der Waals surface area contributed by atoms with Crippen LogP contribution in [0.2, 0.25) is 0 Å². The second kappa shape index (κ2) is 6.98. The van der Waals surface area contributed by atoms with E-state index in [4.69, 9.17) is 9.47 Å². The average Bonchev–Trinajstić information content (AvgIpc) is 3.07. The van der Waals surface area contributed by atoms with Crippen molar-refractivity contribution in [2.24, 2.45) is 0 Å². The molecule has 0 unspecified atom stereocenters. The Balaban J connectivity index is 1.45. The topological polar surface area (TPSA) is 51.9 Å². The van der Waals surface area contributed by atoms with Crippen molar-refractivity contribution in [1.82, 2.24) is 19.5 Å². The van der Waals surface area contributed by atoms with Crippen LogP contribution in [0.25, 0.3) is 17.0 Å². The zero-order valence-corrected chi connectivity index (χ0v) is 13.4. The van der Waals surface area contributed by atoms with E-state index in [0.717, 1.165) is 55.6 Å². The Labute approximate surface area is 140 Å². The molecule has 2 aromatic heterocycles. The smallest absolute Gasteiger partial charge is 0.168 e. The summed E-state index contributed by atoms with van der Waals surface area (Å²) in [6.45, 7) is 5.16. The number of benzene rings is 1. The molecule has 1 aromatic carbocycles. The molecule has 1 radical (unpaired) electrons. The van der Waals surface area contributed by atoms with Crippen LogP contribution in [0.5, 0.6) is 5.75 Å². The molecule has 0 amide bonds. The highest BCUT2D eigenvalue weighted by Crippen LogP contribution is 2.23. The number of aromatic nitrogens is 3. The maximum absolute atomic E-state index is 5.91. The Morgan fingerprint density at radius 1 is 1.17 bits per heavy atom. The first-order valence-electron chi connectivity index (χ1n) is 8.14. The van der Waals surface area contributed by atoms with Gasteiger partial charge in [-0.1, -0.05) is 12.1 Å². The number of fused-ring (bicyclic) bond motifs is 1. The van der Waals surface area contributed by atoms with Crippen molar-refractivity contribution in [2.45, 2.75) is 0 Å². The molecule has 0 spiro atoms. The highest BCUT2D eigenvalue weighted by atomic mass is 16.5. The van der Waals surface area contributed by atoms with Gasteiger partial charge in [-0.3, -0.25) is 9.30 Å². The van der Waals surface area contributed by atoms with Gasteiger partial charge in [0.05, 0.1) is 13.2 Å². The Hall–Kier alpha value is -2.44. The number of pyridine rings is 1. The maximum atomic E-state index is 5.91. The minimum atomic E-state index is 0.664. The second-order valence-electron chi connectivity index (χ2n) is 5.71. The molecule has 6 heteroatoms. The molecule has 24 heavy (non-hydrogen) atoms. The van der Waals surface area contributed by atoms with Crippen molar-refractivity contribution in [3.8, 4) is 17.1 Å². The summed E-state index contributed by atoms with van der Waals surface area (Å²) >= 11 is 0. The number of nitrogens with zero attached hydrogens (tertiary/aromatic N) is 4. The average molecular weight is 323 g/mol. The molecular weight excluding hydrogens is 304 g/mol. The minimum absolute atomic E-state index is 0.664. The Kier molecular flexibility index (Phi) is 4.40. The fourth-order valence-electron chi connectivity index (χ4n) is 2.82. The molecule has 6 nitrogen and oxygen atoms in total. The summed E-state index contributed by atoms with van der Waals surface area (Å²) in [6.07, 6.45) is 1.84. The van der Waals surface area contributed by atoms with E-state index in [0.29, 0.717) is 6.61 Å². The lowest BCUT2D eigenvalue weighted by Crippen LogP contribution is -2.38. The van der Waals surface area contributed by atoms with Crippen LogP contribution in [0, 0.1) is 6.07 Å². The van der Waals surface area contributed by atoms with Crippen LogP contribution >= 0.6 is 0 Å². The summed E-state index contributed by atoms with van der Waals surface area (Å²) in [5, 5.41) is 8.46. The second-order valence-corrected chi connectivity index (χ2v) is 5.71. The molecule has 0 bridgehead atoms. The summed E-state index contributed by atoms with van der Waals surface area (Å²) < 4.78 is 13.2. The molecule has 0 saturated carbocycles. The number of ether oxygens (including phenoxy) is 2. The number of rotatable bonds is 5. The van der Waals surface area contributed by atoms with E-state index < -0.39 is 0 Å². The van der Waals surface area contributed by atoms with Gasteiger partial charge in [0.15, 0.2) is 11.5 Å². The predicted octanol–water partition coefficient (Wildman–Crippen LogP) is 1.91. The lowest BCUT2D eigenvalue weighted by molar-refractivity contribution is 0.0322. The van der Waals surface area contributed by atoms with Gasteiger partial charge in [0.1, 0.15) is 12.4 Å². The van der Waals surface area contributed by atoms with Crippen molar-refractivity contribution >= 4 is 5.65 Å². The van der Waals surface area contributed by atoms with E-state index in [1.165, 1.54) is 0 Å². The van der Waals surface area contributed by atoms with Gasteiger partial charge in [-0.25, -0.2) is 0 Å². The van der Waals surface area contributed by atoms with E-state index in [1.54, 1.807) is 0 Å². The Morgan fingerprint density at radius 3 is 3.00 bits per heavy atom. The first-order valence-corrected chi connectivity index (χ1v) is 8.14. The summed E-state index contributed by atoms with van der Waals surface area (Å²) in [4.78, 5) is 2.36. The third kappa shape index (κ3) is 3.25. The molecular formula is C18H19N4O2. The van der Waals surface area contributed by atoms with Crippen LogP contribution in [0.15, 0.2) is 42.6 Å². The molecule has 0 atom stereocenters. The van der Waals surface area contributed by atoms with E-state index in [1.807, 2.05) is 47.0 Å².